The molecule has 0 aliphatic carbocycles. The molecule has 0 amide bonds. The predicted octanol–water partition coefficient (Wildman–Crippen LogP) is 2.66. The summed E-state index contributed by atoms with van der Waals surface area (Å²) in [5, 5.41) is 0. The lowest BCUT2D eigenvalue weighted by atomic mass is 10.1. The third-order valence-corrected chi connectivity index (χ3v) is 2.17. The molecule has 0 spiro atoms. The summed E-state index contributed by atoms with van der Waals surface area (Å²) < 4.78 is 44.9. The number of hydrogen-bond acceptors (Lipinski definition) is 3. The number of alkyl halides is 3. The average molecular weight is 263 g/mol. The molecule has 0 fully saturated rings. The molecule has 2 N–H and O–H groups in total. The van der Waals surface area contributed by atoms with Gasteiger partial charge in [-0.25, -0.2) is 0 Å². The van der Waals surface area contributed by atoms with E-state index in [0.717, 1.165) is 5.56 Å². The van der Waals surface area contributed by atoms with Crippen LogP contribution in [0.4, 0.5) is 13.2 Å². The standard InChI is InChI=1S/C12H16F3NO2/c1-9(16)10-2-4-11(5-3-10)18-7-6-17-8-12(13,14)15/h2-5,9H,6-8,16H2,1H3. The van der Waals surface area contributed by atoms with Crippen LogP contribution in [0.25, 0.3) is 0 Å². The third kappa shape index (κ3) is 5.88. The van der Waals surface area contributed by atoms with Gasteiger partial charge in [0.25, 0.3) is 0 Å². The number of halogens is 3. The van der Waals surface area contributed by atoms with Crippen molar-refractivity contribution in [1.29, 1.82) is 0 Å². The van der Waals surface area contributed by atoms with E-state index in [0.29, 0.717) is 5.75 Å². The van der Waals surface area contributed by atoms with Crippen molar-refractivity contribution < 1.29 is 22.6 Å². The molecule has 1 unspecified atom stereocenters. The van der Waals surface area contributed by atoms with Crippen LogP contribution in [0, 0.1) is 0 Å². The van der Waals surface area contributed by atoms with Gasteiger partial charge in [-0.3, -0.25) is 0 Å². The van der Waals surface area contributed by atoms with Gasteiger partial charge in [0.05, 0.1) is 6.61 Å². The third-order valence-electron chi connectivity index (χ3n) is 2.17. The Bertz CT molecular complexity index is 349. The van der Waals surface area contributed by atoms with E-state index in [1.807, 2.05) is 19.1 Å². The van der Waals surface area contributed by atoms with E-state index in [1.165, 1.54) is 0 Å². The van der Waals surface area contributed by atoms with Crippen molar-refractivity contribution in [1.82, 2.24) is 0 Å². The van der Waals surface area contributed by atoms with E-state index < -0.39 is 12.8 Å². The molecule has 0 bridgehead atoms. The van der Waals surface area contributed by atoms with Crippen LogP contribution >= 0.6 is 0 Å². The number of ether oxygens (including phenoxy) is 2. The molecule has 0 saturated carbocycles. The molecular formula is C12H16F3NO2. The van der Waals surface area contributed by atoms with Crippen molar-refractivity contribution in [3.8, 4) is 5.75 Å². The largest absolute Gasteiger partial charge is 0.491 e. The van der Waals surface area contributed by atoms with Crippen molar-refractivity contribution in [2.24, 2.45) is 5.73 Å². The highest BCUT2D eigenvalue weighted by molar-refractivity contribution is 5.28. The van der Waals surface area contributed by atoms with Gasteiger partial charge in [-0.05, 0) is 24.6 Å². The minimum Gasteiger partial charge on any atom is -0.491 e. The summed E-state index contributed by atoms with van der Waals surface area (Å²) in [6.45, 7) is 0.586. The Labute approximate surface area is 104 Å². The highest BCUT2D eigenvalue weighted by Gasteiger charge is 2.27. The number of rotatable bonds is 6. The van der Waals surface area contributed by atoms with Crippen LogP contribution in [0.5, 0.6) is 5.75 Å². The van der Waals surface area contributed by atoms with Gasteiger partial charge in [-0.1, -0.05) is 12.1 Å². The number of nitrogens with two attached hydrogens (primary N) is 1. The second kappa shape index (κ2) is 6.61. The summed E-state index contributed by atoms with van der Waals surface area (Å²) in [4.78, 5) is 0. The molecule has 6 heteroatoms. The van der Waals surface area contributed by atoms with E-state index in [-0.39, 0.29) is 19.3 Å². The molecule has 1 aromatic carbocycles. The molecule has 1 atom stereocenters. The van der Waals surface area contributed by atoms with Gasteiger partial charge in [0.1, 0.15) is 19.0 Å². The zero-order chi connectivity index (χ0) is 13.6. The summed E-state index contributed by atoms with van der Waals surface area (Å²) in [6, 6.07) is 7.02. The zero-order valence-electron chi connectivity index (χ0n) is 10.0. The molecule has 3 nitrogen and oxygen atoms in total. The highest BCUT2D eigenvalue weighted by Crippen LogP contribution is 2.16. The predicted molar refractivity (Wildman–Crippen MR) is 61.4 cm³/mol. The lowest BCUT2D eigenvalue weighted by Crippen LogP contribution is -2.19. The summed E-state index contributed by atoms with van der Waals surface area (Å²) in [7, 11) is 0. The summed E-state index contributed by atoms with van der Waals surface area (Å²) in [6.07, 6.45) is -4.29. The smallest absolute Gasteiger partial charge is 0.411 e. The summed E-state index contributed by atoms with van der Waals surface area (Å²) in [5.41, 5.74) is 6.65. The van der Waals surface area contributed by atoms with Crippen molar-refractivity contribution in [2.75, 3.05) is 19.8 Å². The second-order valence-electron chi connectivity index (χ2n) is 3.87. The SMILES string of the molecule is CC(N)c1ccc(OCCOCC(F)(F)F)cc1. The van der Waals surface area contributed by atoms with E-state index in [2.05, 4.69) is 4.74 Å². The quantitative estimate of drug-likeness (QED) is 0.802. The molecule has 0 aromatic heterocycles. The van der Waals surface area contributed by atoms with Crippen LogP contribution in [0.1, 0.15) is 18.5 Å². The normalized spacial score (nSPS) is 13.4. The maximum Gasteiger partial charge on any atom is 0.411 e. The van der Waals surface area contributed by atoms with Crippen molar-refractivity contribution in [2.45, 2.75) is 19.1 Å². The fourth-order valence-corrected chi connectivity index (χ4v) is 1.27. The fourth-order valence-electron chi connectivity index (χ4n) is 1.27. The molecule has 1 aromatic rings. The first kappa shape index (κ1) is 14.8. The van der Waals surface area contributed by atoms with Gasteiger partial charge in [0.2, 0.25) is 0 Å². The van der Waals surface area contributed by atoms with Gasteiger partial charge >= 0.3 is 6.18 Å². The molecule has 1 rings (SSSR count). The molecule has 0 heterocycles. The second-order valence-corrected chi connectivity index (χ2v) is 3.87. The molecule has 0 aliphatic heterocycles. The van der Waals surface area contributed by atoms with Gasteiger partial charge < -0.3 is 15.2 Å². The van der Waals surface area contributed by atoms with E-state index in [9.17, 15) is 13.2 Å². The molecule has 0 saturated heterocycles. The molecular weight excluding hydrogens is 247 g/mol. The monoisotopic (exact) mass is 263 g/mol. The van der Waals surface area contributed by atoms with Crippen LogP contribution in [0.3, 0.4) is 0 Å². The Morgan fingerprint density at radius 2 is 1.78 bits per heavy atom. The number of hydrogen-bond donors (Lipinski definition) is 1. The van der Waals surface area contributed by atoms with E-state index in [1.54, 1.807) is 12.1 Å². The first-order valence-corrected chi connectivity index (χ1v) is 5.51. The molecule has 102 valence electrons. The summed E-state index contributed by atoms with van der Waals surface area (Å²) in [5.74, 6) is 0.579. The van der Waals surface area contributed by atoms with Crippen LogP contribution in [-0.2, 0) is 4.74 Å². The highest BCUT2D eigenvalue weighted by atomic mass is 19.4. The Hall–Kier alpha value is -1.27. The zero-order valence-corrected chi connectivity index (χ0v) is 10.0. The van der Waals surface area contributed by atoms with Gasteiger partial charge in [0.15, 0.2) is 0 Å². The Kier molecular flexibility index (Phi) is 5.43. The van der Waals surface area contributed by atoms with Gasteiger partial charge in [-0.2, -0.15) is 13.2 Å². The van der Waals surface area contributed by atoms with Crippen LogP contribution in [0.2, 0.25) is 0 Å². The Balaban J connectivity index is 2.23. The Morgan fingerprint density at radius 1 is 1.17 bits per heavy atom. The fraction of sp³-hybridized carbons (Fsp3) is 0.500. The number of benzene rings is 1. The van der Waals surface area contributed by atoms with Crippen LogP contribution in [0.15, 0.2) is 24.3 Å². The van der Waals surface area contributed by atoms with E-state index >= 15 is 0 Å². The minimum atomic E-state index is -4.29. The first-order chi connectivity index (χ1) is 8.38. The average Bonchev–Trinajstić information content (AvgIpc) is 2.27. The lowest BCUT2D eigenvalue weighted by molar-refractivity contribution is -0.175. The van der Waals surface area contributed by atoms with Crippen LogP contribution < -0.4 is 10.5 Å². The summed E-state index contributed by atoms with van der Waals surface area (Å²) >= 11 is 0. The van der Waals surface area contributed by atoms with Gasteiger partial charge in [0, 0.05) is 6.04 Å². The maximum atomic E-state index is 11.7. The van der Waals surface area contributed by atoms with Crippen molar-refractivity contribution in [3.05, 3.63) is 29.8 Å². The minimum absolute atomic E-state index is 0.0610. The lowest BCUT2D eigenvalue weighted by Gasteiger charge is -2.10. The van der Waals surface area contributed by atoms with Crippen LogP contribution in [-0.4, -0.2) is 26.0 Å². The maximum absolute atomic E-state index is 11.7. The van der Waals surface area contributed by atoms with Crippen molar-refractivity contribution >= 4 is 0 Å². The molecule has 0 aliphatic rings. The molecule has 18 heavy (non-hydrogen) atoms. The van der Waals surface area contributed by atoms with Crippen molar-refractivity contribution in [3.63, 3.8) is 0 Å². The first-order valence-electron chi connectivity index (χ1n) is 5.51. The van der Waals surface area contributed by atoms with Gasteiger partial charge in [-0.15, -0.1) is 0 Å². The topological polar surface area (TPSA) is 44.5 Å². The Morgan fingerprint density at radius 3 is 2.28 bits per heavy atom. The van der Waals surface area contributed by atoms with E-state index in [4.69, 9.17) is 10.5 Å². The molecule has 0 radical (unpaired) electrons.